The number of hydrogen-bond acceptors (Lipinski definition) is 6. The van der Waals surface area contributed by atoms with E-state index in [0.717, 1.165) is 18.8 Å². The second-order valence-electron chi connectivity index (χ2n) is 4.47. The van der Waals surface area contributed by atoms with Crippen LogP contribution in [0.1, 0.15) is 19.2 Å². The number of aliphatic hydroxyl groups is 1. The lowest BCUT2D eigenvalue weighted by molar-refractivity contribution is 0.0839. The Morgan fingerprint density at radius 2 is 2.31 bits per heavy atom. The van der Waals surface area contributed by atoms with Crippen LogP contribution in [0.3, 0.4) is 0 Å². The van der Waals surface area contributed by atoms with Crippen LogP contribution >= 0.6 is 0 Å². The molecule has 1 fully saturated rings. The third-order valence-corrected chi connectivity index (χ3v) is 2.75. The third-order valence-electron chi connectivity index (χ3n) is 2.75. The van der Waals surface area contributed by atoms with E-state index in [4.69, 9.17) is 5.84 Å². The molecule has 1 aromatic rings. The number of β-amino-alcohol motifs (C(OH)–C–C–N with tert-alkyl or cyclic N) is 1. The van der Waals surface area contributed by atoms with Crippen molar-refractivity contribution in [3.8, 4) is 0 Å². The monoisotopic (exact) mass is 223 g/mol. The van der Waals surface area contributed by atoms with E-state index in [2.05, 4.69) is 15.4 Å². The molecule has 0 aliphatic carbocycles. The van der Waals surface area contributed by atoms with Gasteiger partial charge in [0.2, 0.25) is 0 Å². The standard InChI is InChI=1S/C10H17N5O/c1-7-12-8(14-11)5-9(13-7)15-4-3-10(2,16)6-15/h5,16H,3-4,6,11H2,1-2H3,(H,12,13,14). The van der Waals surface area contributed by atoms with Crippen LogP contribution in [0.15, 0.2) is 6.07 Å². The smallest absolute Gasteiger partial charge is 0.145 e. The Morgan fingerprint density at radius 1 is 1.56 bits per heavy atom. The van der Waals surface area contributed by atoms with Crippen molar-refractivity contribution in [3.63, 3.8) is 0 Å². The Labute approximate surface area is 94.5 Å². The van der Waals surface area contributed by atoms with E-state index in [1.54, 1.807) is 6.07 Å². The number of hydrogen-bond donors (Lipinski definition) is 3. The molecule has 2 rings (SSSR count). The first-order valence-corrected chi connectivity index (χ1v) is 5.30. The summed E-state index contributed by atoms with van der Waals surface area (Å²) in [6.07, 6.45) is 0.751. The van der Waals surface area contributed by atoms with Gasteiger partial charge in [-0.05, 0) is 20.3 Å². The van der Waals surface area contributed by atoms with E-state index in [1.807, 2.05) is 18.7 Å². The molecule has 1 aliphatic heterocycles. The summed E-state index contributed by atoms with van der Waals surface area (Å²) in [6, 6.07) is 1.79. The molecule has 1 aliphatic rings. The molecule has 0 saturated carbocycles. The lowest BCUT2D eigenvalue weighted by Gasteiger charge is -2.20. The van der Waals surface area contributed by atoms with Gasteiger partial charge in [-0.25, -0.2) is 15.8 Å². The van der Waals surface area contributed by atoms with Gasteiger partial charge in [-0.1, -0.05) is 0 Å². The zero-order valence-corrected chi connectivity index (χ0v) is 9.56. The van der Waals surface area contributed by atoms with Gasteiger partial charge in [-0.15, -0.1) is 0 Å². The molecule has 1 atom stereocenters. The topological polar surface area (TPSA) is 87.3 Å². The number of anilines is 2. The largest absolute Gasteiger partial charge is 0.388 e. The molecule has 0 bridgehead atoms. The van der Waals surface area contributed by atoms with Gasteiger partial charge >= 0.3 is 0 Å². The van der Waals surface area contributed by atoms with E-state index >= 15 is 0 Å². The number of hydrazine groups is 1. The Hall–Kier alpha value is -1.40. The van der Waals surface area contributed by atoms with Gasteiger partial charge in [-0.3, -0.25) is 0 Å². The SMILES string of the molecule is Cc1nc(NN)cc(N2CCC(C)(O)C2)n1. The zero-order chi connectivity index (χ0) is 11.8. The maximum atomic E-state index is 9.90. The van der Waals surface area contributed by atoms with Crippen LogP contribution in [-0.2, 0) is 0 Å². The summed E-state index contributed by atoms with van der Waals surface area (Å²) >= 11 is 0. The van der Waals surface area contributed by atoms with Crippen molar-refractivity contribution in [2.45, 2.75) is 25.9 Å². The van der Waals surface area contributed by atoms with Crippen LogP contribution in [-0.4, -0.2) is 33.8 Å². The molecule has 6 nitrogen and oxygen atoms in total. The second kappa shape index (κ2) is 3.88. The van der Waals surface area contributed by atoms with Crippen LogP contribution in [0, 0.1) is 6.92 Å². The highest BCUT2D eigenvalue weighted by Gasteiger charge is 2.32. The third kappa shape index (κ3) is 2.23. The quantitative estimate of drug-likeness (QED) is 0.484. The van der Waals surface area contributed by atoms with E-state index in [9.17, 15) is 5.11 Å². The second-order valence-corrected chi connectivity index (χ2v) is 4.47. The highest BCUT2D eigenvalue weighted by molar-refractivity contribution is 5.49. The van der Waals surface area contributed by atoms with Crippen LogP contribution in [0.5, 0.6) is 0 Å². The number of rotatable bonds is 2. The minimum Gasteiger partial charge on any atom is -0.388 e. The molecule has 0 amide bonds. The molecule has 4 N–H and O–H groups in total. The predicted octanol–water partition coefficient (Wildman–Crippen LogP) is 0.0317. The Morgan fingerprint density at radius 3 is 2.88 bits per heavy atom. The highest BCUT2D eigenvalue weighted by atomic mass is 16.3. The van der Waals surface area contributed by atoms with Crippen LogP contribution in [0.2, 0.25) is 0 Å². The van der Waals surface area contributed by atoms with E-state index in [0.29, 0.717) is 18.2 Å². The van der Waals surface area contributed by atoms with Gasteiger partial charge in [-0.2, -0.15) is 0 Å². The number of nitrogens with two attached hydrogens (primary N) is 1. The molecule has 0 spiro atoms. The zero-order valence-electron chi connectivity index (χ0n) is 9.56. The molecular formula is C10H17N5O. The Bertz CT molecular complexity index is 393. The number of aryl methyl sites for hydroxylation is 1. The number of nitrogens with zero attached hydrogens (tertiary/aromatic N) is 3. The summed E-state index contributed by atoms with van der Waals surface area (Å²) in [6.45, 7) is 5.04. The Balaban J connectivity index is 2.24. The molecule has 1 unspecified atom stereocenters. The van der Waals surface area contributed by atoms with Gasteiger partial charge in [0.25, 0.3) is 0 Å². The molecule has 6 heteroatoms. The highest BCUT2D eigenvalue weighted by Crippen LogP contribution is 2.25. The number of nitrogens with one attached hydrogen (secondary N) is 1. The Kier molecular flexibility index (Phi) is 2.69. The van der Waals surface area contributed by atoms with E-state index in [1.165, 1.54) is 0 Å². The maximum Gasteiger partial charge on any atom is 0.145 e. The van der Waals surface area contributed by atoms with Gasteiger partial charge in [0, 0.05) is 19.2 Å². The van der Waals surface area contributed by atoms with Gasteiger partial charge in [0.05, 0.1) is 5.60 Å². The fourth-order valence-electron chi connectivity index (χ4n) is 1.93. The molecule has 0 aromatic carbocycles. The lowest BCUT2D eigenvalue weighted by atomic mass is 10.1. The molecule has 16 heavy (non-hydrogen) atoms. The first-order chi connectivity index (χ1) is 7.50. The van der Waals surface area contributed by atoms with Gasteiger partial charge < -0.3 is 15.4 Å². The van der Waals surface area contributed by atoms with Crippen LogP contribution in [0.4, 0.5) is 11.6 Å². The minimum absolute atomic E-state index is 0.591. The predicted molar refractivity (Wildman–Crippen MR) is 62.0 cm³/mol. The van der Waals surface area contributed by atoms with Crippen molar-refractivity contribution in [3.05, 3.63) is 11.9 Å². The molecule has 1 saturated heterocycles. The summed E-state index contributed by atoms with van der Waals surface area (Å²) in [5.41, 5.74) is 1.88. The van der Waals surface area contributed by atoms with Crippen molar-refractivity contribution in [1.29, 1.82) is 0 Å². The average molecular weight is 223 g/mol. The average Bonchev–Trinajstić information content (AvgIpc) is 2.58. The summed E-state index contributed by atoms with van der Waals surface area (Å²) in [7, 11) is 0. The van der Waals surface area contributed by atoms with Gasteiger partial charge in [0.1, 0.15) is 17.5 Å². The molecule has 1 aromatic heterocycles. The first kappa shape index (κ1) is 11.1. The van der Waals surface area contributed by atoms with Crippen molar-refractivity contribution in [1.82, 2.24) is 9.97 Å². The molecule has 88 valence electrons. The maximum absolute atomic E-state index is 9.90. The summed E-state index contributed by atoms with van der Waals surface area (Å²) in [5, 5.41) is 9.90. The minimum atomic E-state index is -0.630. The van der Waals surface area contributed by atoms with Crippen LogP contribution in [0.25, 0.3) is 0 Å². The molecule has 2 heterocycles. The fraction of sp³-hybridized carbons (Fsp3) is 0.600. The van der Waals surface area contributed by atoms with E-state index in [-0.39, 0.29) is 0 Å². The molecule has 0 radical (unpaired) electrons. The van der Waals surface area contributed by atoms with Crippen molar-refractivity contribution < 1.29 is 5.11 Å². The summed E-state index contributed by atoms with van der Waals surface area (Å²) in [5.74, 6) is 7.39. The van der Waals surface area contributed by atoms with Crippen molar-refractivity contribution in [2.75, 3.05) is 23.4 Å². The van der Waals surface area contributed by atoms with Gasteiger partial charge in [0.15, 0.2) is 0 Å². The van der Waals surface area contributed by atoms with E-state index < -0.39 is 5.60 Å². The summed E-state index contributed by atoms with van der Waals surface area (Å²) in [4.78, 5) is 10.5. The van der Waals surface area contributed by atoms with Crippen molar-refractivity contribution in [2.24, 2.45) is 5.84 Å². The number of aromatic nitrogens is 2. The fourth-order valence-corrected chi connectivity index (χ4v) is 1.93. The van der Waals surface area contributed by atoms with Crippen LogP contribution < -0.4 is 16.2 Å². The van der Waals surface area contributed by atoms with Crippen molar-refractivity contribution >= 4 is 11.6 Å². The molecular weight excluding hydrogens is 206 g/mol. The summed E-state index contributed by atoms with van der Waals surface area (Å²) < 4.78 is 0. The number of nitrogen functional groups attached to an aromatic ring is 1. The normalized spacial score (nSPS) is 24.9. The lowest BCUT2D eigenvalue weighted by Crippen LogP contribution is -2.30. The first-order valence-electron chi connectivity index (χ1n) is 5.30.